The number of hydrogen-bond acceptors (Lipinski definition) is 3. The molecule has 0 aliphatic carbocycles. The predicted molar refractivity (Wildman–Crippen MR) is 88.6 cm³/mol. The number of halogens is 1. The fraction of sp³-hybridized carbons (Fsp3) is 0.176. The van der Waals surface area contributed by atoms with Gasteiger partial charge in [-0.2, -0.15) is 5.10 Å². The second-order valence-corrected chi connectivity index (χ2v) is 5.23. The van der Waals surface area contributed by atoms with E-state index in [1.54, 1.807) is 6.07 Å². The van der Waals surface area contributed by atoms with Crippen LogP contribution in [0.15, 0.2) is 47.6 Å². The topological polar surface area (TPSA) is 50.7 Å². The predicted octanol–water partition coefficient (Wildman–Crippen LogP) is 3.49. The second kappa shape index (κ2) is 7.61. The molecule has 2 aromatic rings. The van der Waals surface area contributed by atoms with E-state index in [0.717, 1.165) is 22.4 Å². The number of nitrogens with one attached hydrogen (secondary N) is 1. The van der Waals surface area contributed by atoms with E-state index in [-0.39, 0.29) is 12.5 Å². The molecule has 0 saturated carbocycles. The summed E-state index contributed by atoms with van der Waals surface area (Å²) >= 11 is 5.99. The van der Waals surface area contributed by atoms with Crippen LogP contribution in [-0.4, -0.2) is 18.7 Å². The Morgan fingerprint density at radius 3 is 2.55 bits per heavy atom. The summed E-state index contributed by atoms with van der Waals surface area (Å²) in [7, 11) is 0. The van der Waals surface area contributed by atoms with E-state index in [1.165, 1.54) is 6.21 Å². The zero-order valence-corrected chi connectivity index (χ0v) is 13.2. The first-order chi connectivity index (χ1) is 10.6. The molecule has 5 heteroatoms. The highest BCUT2D eigenvalue weighted by atomic mass is 35.5. The highest BCUT2D eigenvalue weighted by Crippen LogP contribution is 2.21. The summed E-state index contributed by atoms with van der Waals surface area (Å²) in [5.74, 6) is 0.402. The molecular formula is C17H17ClN2O2. The molecule has 0 heterocycles. The van der Waals surface area contributed by atoms with Gasteiger partial charge in [0.25, 0.3) is 5.91 Å². The molecule has 114 valence electrons. The normalized spacial score (nSPS) is 10.7. The molecule has 4 nitrogen and oxygen atoms in total. The van der Waals surface area contributed by atoms with Crippen molar-refractivity contribution in [3.05, 3.63) is 64.2 Å². The molecule has 2 aromatic carbocycles. The Labute approximate surface area is 134 Å². The highest BCUT2D eigenvalue weighted by Gasteiger charge is 2.06. The molecule has 1 amide bonds. The third-order valence-electron chi connectivity index (χ3n) is 3.05. The first-order valence-corrected chi connectivity index (χ1v) is 7.21. The number of ether oxygens (including phenoxy) is 1. The van der Waals surface area contributed by atoms with Gasteiger partial charge in [0, 0.05) is 10.6 Å². The van der Waals surface area contributed by atoms with Gasteiger partial charge < -0.3 is 4.74 Å². The fourth-order valence-electron chi connectivity index (χ4n) is 1.95. The largest absolute Gasteiger partial charge is 0.483 e. The van der Waals surface area contributed by atoms with Gasteiger partial charge >= 0.3 is 0 Å². The Morgan fingerprint density at radius 2 is 1.86 bits per heavy atom. The molecule has 0 spiro atoms. The van der Waals surface area contributed by atoms with Crippen molar-refractivity contribution < 1.29 is 9.53 Å². The Balaban J connectivity index is 1.88. The summed E-state index contributed by atoms with van der Waals surface area (Å²) in [6.07, 6.45) is 1.50. The minimum absolute atomic E-state index is 0.0917. The monoisotopic (exact) mass is 316 g/mol. The molecule has 22 heavy (non-hydrogen) atoms. The van der Waals surface area contributed by atoms with Gasteiger partial charge in [0.05, 0.1) is 6.21 Å². The summed E-state index contributed by atoms with van der Waals surface area (Å²) in [4.78, 5) is 11.7. The standard InChI is InChI=1S/C17H17ClN2O2/c1-12-6-5-7-13(2)17(12)22-11-16(21)20-19-10-14-8-3-4-9-15(14)18/h3-10H,11H2,1-2H3,(H,20,21)/b19-10+. The summed E-state index contributed by atoms with van der Waals surface area (Å²) in [6.45, 7) is 3.79. The van der Waals surface area contributed by atoms with Crippen LogP contribution in [0.3, 0.4) is 0 Å². The number of hydrazone groups is 1. The van der Waals surface area contributed by atoms with Crippen LogP contribution in [0.25, 0.3) is 0 Å². The zero-order chi connectivity index (χ0) is 15.9. The molecule has 0 bridgehead atoms. The Hall–Kier alpha value is -2.33. The first kappa shape index (κ1) is 16.0. The smallest absolute Gasteiger partial charge is 0.277 e. The molecule has 0 atom stereocenters. The average Bonchev–Trinajstić information content (AvgIpc) is 2.49. The lowest BCUT2D eigenvalue weighted by molar-refractivity contribution is -0.123. The lowest BCUT2D eigenvalue weighted by atomic mass is 10.1. The molecule has 1 N–H and O–H groups in total. The minimum atomic E-state index is -0.328. The van der Waals surface area contributed by atoms with Crippen LogP contribution in [0.2, 0.25) is 5.02 Å². The second-order valence-electron chi connectivity index (χ2n) is 4.82. The molecule has 2 rings (SSSR count). The Bertz CT molecular complexity index is 679. The maximum atomic E-state index is 11.7. The number of carbonyl (C=O) groups excluding carboxylic acids is 1. The van der Waals surface area contributed by atoms with Gasteiger partial charge in [0.15, 0.2) is 6.61 Å². The van der Waals surface area contributed by atoms with Crippen molar-refractivity contribution in [1.82, 2.24) is 5.43 Å². The maximum absolute atomic E-state index is 11.7. The van der Waals surface area contributed by atoms with Crippen molar-refractivity contribution in [3.8, 4) is 5.75 Å². The molecule has 0 saturated heterocycles. The molecule has 0 aromatic heterocycles. The van der Waals surface area contributed by atoms with Crippen molar-refractivity contribution in [1.29, 1.82) is 0 Å². The van der Waals surface area contributed by atoms with Crippen LogP contribution in [-0.2, 0) is 4.79 Å². The molecule has 0 aliphatic rings. The van der Waals surface area contributed by atoms with Crippen molar-refractivity contribution >= 4 is 23.7 Å². The van der Waals surface area contributed by atoms with Crippen LogP contribution < -0.4 is 10.2 Å². The first-order valence-electron chi connectivity index (χ1n) is 6.83. The number of benzene rings is 2. The Kier molecular flexibility index (Phi) is 5.55. The molecular weight excluding hydrogens is 300 g/mol. The van der Waals surface area contributed by atoms with E-state index in [0.29, 0.717) is 5.02 Å². The van der Waals surface area contributed by atoms with Crippen LogP contribution in [0.1, 0.15) is 16.7 Å². The third-order valence-corrected chi connectivity index (χ3v) is 3.40. The molecule has 0 fully saturated rings. The number of hydrogen-bond donors (Lipinski definition) is 1. The van der Waals surface area contributed by atoms with E-state index in [9.17, 15) is 4.79 Å². The van der Waals surface area contributed by atoms with E-state index in [4.69, 9.17) is 16.3 Å². The number of nitrogens with zero attached hydrogens (tertiary/aromatic N) is 1. The minimum Gasteiger partial charge on any atom is -0.483 e. The van der Waals surface area contributed by atoms with Crippen molar-refractivity contribution in [2.24, 2.45) is 5.10 Å². The maximum Gasteiger partial charge on any atom is 0.277 e. The third kappa shape index (κ3) is 4.33. The van der Waals surface area contributed by atoms with Crippen LogP contribution in [0.4, 0.5) is 0 Å². The zero-order valence-electron chi connectivity index (χ0n) is 12.5. The average molecular weight is 317 g/mol. The van der Waals surface area contributed by atoms with Gasteiger partial charge in [-0.3, -0.25) is 4.79 Å². The Morgan fingerprint density at radius 1 is 1.18 bits per heavy atom. The lowest BCUT2D eigenvalue weighted by Gasteiger charge is -2.10. The number of para-hydroxylation sites is 1. The van der Waals surface area contributed by atoms with Gasteiger partial charge in [-0.1, -0.05) is 48.0 Å². The quantitative estimate of drug-likeness (QED) is 0.678. The van der Waals surface area contributed by atoms with Crippen molar-refractivity contribution in [2.45, 2.75) is 13.8 Å². The number of carbonyl (C=O) groups is 1. The van der Waals surface area contributed by atoms with Crippen molar-refractivity contribution in [3.63, 3.8) is 0 Å². The number of rotatable bonds is 5. The van der Waals surface area contributed by atoms with E-state index in [2.05, 4.69) is 10.5 Å². The van der Waals surface area contributed by atoms with E-state index in [1.807, 2.05) is 50.2 Å². The van der Waals surface area contributed by atoms with Gasteiger partial charge in [-0.05, 0) is 31.0 Å². The van der Waals surface area contributed by atoms with Crippen LogP contribution >= 0.6 is 11.6 Å². The molecule has 0 unspecified atom stereocenters. The fourth-order valence-corrected chi connectivity index (χ4v) is 2.13. The van der Waals surface area contributed by atoms with Gasteiger partial charge in [-0.15, -0.1) is 0 Å². The summed E-state index contributed by atoms with van der Waals surface area (Å²) < 4.78 is 5.54. The summed E-state index contributed by atoms with van der Waals surface area (Å²) in [5, 5.41) is 4.45. The van der Waals surface area contributed by atoms with E-state index < -0.39 is 0 Å². The highest BCUT2D eigenvalue weighted by molar-refractivity contribution is 6.33. The number of amides is 1. The van der Waals surface area contributed by atoms with Crippen LogP contribution in [0, 0.1) is 13.8 Å². The van der Waals surface area contributed by atoms with Gasteiger partial charge in [-0.25, -0.2) is 5.43 Å². The summed E-state index contributed by atoms with van der Waals surface area (Å²) in [6, 6.07) is 13.1. The lowest BCUT2D eigenvalue weighted by Crippen LogP contribution is -2.25. The van der Waals surface area contributed by atoms with Gasteiger partial charge in [0.1, 0.15) is 5.75 Å². The SMILES string of the molecule is Cc1cccc(C)c1OCC(=O)N/N=C/c1ccccc1Cl. The van der Waals surface area contributed by atoms with E-state index >= 15 is 0 Å². The van der Waals surface area contributed by atoms with Gasteiger partial charge in [0.2, 0.25) is 0 Å². The van der Waals surface area contributed by atoms with Crippen molar-refractivity contribution in [2.75, 3.05) is 6.61 Å². The van der Waals surface area contributed by atoms with Crippen LogP contribution in [0.5, 0.6) is 5.75 Å². The molecule has 0 radical (unpaired) electrons. The molecule has 0 aliphatic heterocycles. The number of aryl methyl sites for hydroxylation is 2. The summed E-state index contributed by atoms with van der Waals surface area (Å²) in [5.41, 5.74) is 5.14.